The van der Waals surface area contributed by atoms with Gasteiger partial charge in [0.1, 0.15) is 0 Å². The zero-order valence-electron chi connectivity index (χ0n) is 8.08. The minimum absolute atomic E-state index is 0.0651. The maximum atomic E-state index is 11.4. The van der Waals surface area contributed by atoms with Gasteiger partial charge in [-0.05, 0) is 6.92 Å². The summed E-state index contributed by atoms with van der Waals surface area (Å²) in [6.07, 6.45) is 0.352. The lowest BCUT2D eigenvalue weighted by Crippen LogP contribution is -2.33. The summed E-state index contributed by atoms with van der Waals surface area (Å²) in [6, 6.07) is 0. The highest BCUT2D eigenvalue weighted by Gasteiger charge is 2.34. The van der Waals surface area contributed by atoms with Crippen LogP contribution in [0.3, 0.4) is 0 Å². The van der Waals surface area contributed by atoms with Crippen LogP contribution in [-0.4, -0.2) is 36.5 Å². The second-order valence-corrected chi connectivity index (χ2v) is 3.19. The van der Waals surface area contributed by atoms with E-state index >= 15 is 0 Å². The smallest absolute Gasteiger partial charge is 0.232 e. The molecular weight excluding hydrogens is 170 g/mol. The van der Waals surface area contributed by atoms with E-state index in [4.69, 9.17) is 4.74 Å². The lowest BCUT2D eigenvalue weighted by Gasteiger charge is -2.13. The van der Waals surface area contributed by atoms with Gasteiger partial charge in [-0.25, -0.2) is 0 Å². The van der Waals surface area contributed by atoms with Crippen LogP contribution in [0.25, 0.3) is 0 Å². The van der Waals surface area contributed by atoms with Gasteiger partial charge in [0.25, 0.3) is 0 Å². The summed E-state index contributed by atoms with van der Waals surface area (Å²) in [6.45, 7) is 5.12. The molecular formula is C9H15NO3. The molecule has 2 amide bonds. The first-order valence-corrected chi connectivity index (χ1v) is 4.58. The lowest BCUT2D eigenvalue weighted by molar-refractivity contribution is -0.140. The Hall–Kier alpha value is -0.900. The van der Waals surface area contributed by atoms with E-state index in [0.717, 1.165) is 0 Å². The molecule has 0 aromatic rings. The number of amides is 2. The topological polar surface area (TPSA) is 46.6 Å². The van der Waals surface area contributed by atoms with Gasteiger partial charge in [-0.15, -0.1) is 0 Å². The van der Waals surface area contributed by atoms with Crippen LogP contribution < -0.4 is 0 Å². The van der Waals surface area contributed by atoms with Crippen LogP contribution in [-0.2, 0) is 14.3 Å². The predicted octanol–water partition coefficient (Wildman–Crippen LogP) is 0.418. The largest absolute Gasteiger partial charge is 0.380 e. The summed E-state index contributed by atoms with van der Waals surface area (Å²) >= 11 is 0. The molecule has 0 aliphatic carbocycles. The average molecular weight is 185 g/mol. The zero-order chi connectivity index (χ0) is 9.84. The van der Waals surface area contributed by atoms with E-state index in [-0.39, 0.29) is 17.7 Å². The van der Waals surface area contributed by atoms with Gasteiger partial charge in [0.2, 0.25) is 11.8 Å². The fourth-order valence-corrected chi connectivity index (χ4v) is 1.38. The fraction of sp³-hybridized carbons (Fsp3) is 0.778. The summed E-state index contributed by atoms with van der Waals surface area (Å²) in [5.74, 6) is -0.281. The normalized spacial score (nSPS) is 22.9. The van der Waals surface area contributed by atoms with E-state index in [2.05, 4.69) is 0 Å². The molecule has 0 radical (unpaired) electrons. The van der Waals surface area contributed by atoms with Crippen molar-refractivity contribution in [1.29, 1.82) is 0 Å². The number of nitrogens with zero attached hydrogens (tertiary/aromatic N) is 1. The number of likely N-dealkylation sites (tertiary alicyclic amines) is 1. The SMILES string of the molecule is CCOCCN1C(=O)C[C@@H](C)C1=O. The molecule has 0 unspecified atom stereocenters. The van der Waals surface area contributed by atoms with Crippen LogP contribution in [0, 0.1) is 5.92 Å². The predicted molar refractivity (Wildman–Crippen MR) is 47.0 cm³/mol. The van der Waals surface area contributed by atoms with Gasteiger partial charge in [0.15, 0.2) is 0 Å². The van der Waals surface area contributed by atoms with E-state index < -0.39 is 0 Å². The summed E-state index contributed by atoms with van der Waals surface area (Å²) in [7, 11) is 0. The number of rotatable bonds is 4. The van der Waals surface area contributed by atoms with Gasteiger partial charge < -0.3 is 4.74 Å². The van der Waals surface area contributed by atoms with Gasteiger partial charge in [-0.1, -0.05) is 6.92 Å². The molecule has 1 atom stereocenters. The first kappa shape index (κ1) is 10.2. The highest BCUT2D eigenvalue weighted by atomic mass is 16.5. The monoisotopic (exact) mass is 185 g/mol. The minimum Gasteiger partial charge on any atom is -0.380 e. The molecule has 0 N–H and O–H groups in total. The number of carbonyl (C=O) groups excluding carboxylic acids is 2. The van der Waals surface area contributed by atoms with E-state index in [0.29, 0.717) is 26.2 Å². The Bertz CT molecular complexity index is 215. The Labute approximate surface area is 77.8 Å². The molecule has 4 heteroatoms. The van der Waals surface area contributed by atoms with E-state index in [1.54, 1.807) is 6.92 Å². The summed E-state index contributed by atoms with van der Waals surface area (Å²) in [4.78, 5) is 23.9. The van der Waals surface area contributed by atoms with Crippen LogP contribution >= 0.6 is 0 Å². The molecule has 0 aromatic heterocycles. The summed E-state index contributed by atoms with van der Waals surface area (Å²) < 4.78 is 5.08. The van der Waals surface area contributed by atoms with Crippen LogP contribution in [0.2, 0.25) is 0 Å². The molecule has 1 aliphatic heterocycles. The maximum Gasteiger partial charge on any atom is 0.232 e. The molecule has 13 heavy (non-hydrogen) atoms. The highest BCUT2D eigenvalue weighted by Crippen LogP contribution is 2.17. The zero-order valence-corrected chi connectivity index (χ0v) is 8.08. The molecule has 1 heterocycles. The van der Waals surface area contributed by atoms with Crippen molar-refractivity contribution in [1.82, 2.24) is 4.90 Å². The Balaban J connectivity index is 2.40. The van der Waals surface area contributed by atoms with E-state index in [1.807, 2.05) is 6.92 Å². The first-order chi connectivity index (χ1) is 6.16. The molecule has 74 valence electrons. The molecule has 0 saturated carbocycles. The second-order valence-electron chi connectivity index (χ2n) is 3.19. The standard InChI is InChI=1S/C9H15NO3/c1-3-13-5-4-10-8(11)6-7(2)9(10)12/h7H,3-6H2,1-2H3/t7-/m1/s1. The summed E-state index contributed by atoms with van der Waals surface area (Å²) in [5, 5.41) is 0. The first-order valence-electron chi connectivity index (χ1n) is 4.58. The molecule has 1 aliphatic rings. The Morgan fingerprint density at radius 2 is 2.23 bits per heavy atom. The molecule has 4 nitrogen and oxygen atoms in total. The van der Waals surface area contributed by atoms with Crippen molar-refractivity contribution >= 4 is 11.8 Å². The van der Waals surface area contributed by atoms with Crippen molar-refractivity contribution < 1.29 is 14.3 Å². The molecule has 0 aromatic carbocycles. The molecule has 1 rings (SSSR count). The Morgan fingerprint density at radius 1 is 1.54 bits per heavy atom. The molecule has 1 saturated heterocycles. The highest BCUT2D eigenvalue weighted by molar-refractivity contribution is 6.03. The Morgan fingerprint density at radius 3 is 2.69 bits per heavy atom. The van der Waals surface area contributed by atoms with Crippen LogP contribution in [0.15, 0.2) is 0 Å². The number of hydrogen-bond acceptors (Lipinski definition) is 3. The fourth-order valence-electron chi connectivity index (χ4n) is 1.38. The third kappa shape index (κ3) is 2.28. The third-order valence-electron chi connectivity index (χ3n) is 2.13. The number of hydrogen-bond donors (Lipinski definition) is 0. The van der Waals surface area contributed by atoms with Crippen molar-refractivity contribution in [2.45, 2.75) is 20.3 Å². The third-order valence-corrected chi connectivity index (χ3v) is 2.13. The van der Waals surface area contributed by atoms with Crippen LogP contribution in [0.5, 0.6) is 0 Å². The van der Waals surface area contributed by atoms with E-state index in [1.165, 1.54) is 4.90 Å². The number of ether oxygens (including phenoxy) is 1. The van der Waals surface area contributed by atoms with Crippen LogP contribution in [0.1, 0.15) is 20.3 Å². The Kier molecular flexibility index (Phi) is 3.42. The van der Waals surface area contributed by atoms with Crippen molar-refractivity contribution in [2.75, 3.05) is 19.8 Å². The van der Waals surface area contributed by atoms with Crippen molar-refractivity contribution in [2.24, 2.45) is 5.92 Å². The van der Waals surface area contributed by atoms with Crippen molar-refractivity contribution in [3.8, 4) is 0 Å². The minimum atomic E-state index is -0.144. The summed E-state index contributed by atoms with van der Waals surface area (Å²) in [5.41, 5.74) is 0. The quantitative estimate of drug-likeness (QED) is 0.471. The molecule has 0 bridgehead atoms. The van der Waals surface area contributed by atoms with Gasteiger partial charge in [-0.2, -0.15) is 0 Å². The van der Waals surface area contributed by atoms with Crippen LogP contribution in [0.4, 0.5) is 0 Å². The van der Waals surface area contributed by atoms with Gasteiger partial charge in [0, 0.05) is 18.9 Å². The number of imide groups is 1. The lowest BCUT2D eigenvalue weighted by atomic mass is 10.1. The van der Waals surface area contributed by atoms with E-state index in [9.17, 15) is 9.59 Å². The number of carbonyl (C=O) groups is 2. The molecule has 1 fully saturated rings. The van der Waals surface area contributed by atoms with Gasteiger partial charge in [0.05, 0.1) is 13.2 Å². The van der Waals surface area contributed by atoms with Gasteiger partial charge >= 0.3 is 0 Å². The molecule has 0 spiro atoms. The van der Waals surface area contributed by atoms with Crippen molar-refractivity contribution in [3.05, 3.63) is 0 Å². The van der Waals surface area contributed by atoms with Crippen molar-refractivity contribution in [3.63, 3.8) is 0 Å². The second kappa shape index (κ2) is 4.37. The maximum absolute atomic E-state index is 11.4. The average Bonchev–Trinajstić information content (AvgIpc) is 2.32. The van der Waals surface area contributed by atoms with Gasteiger partial charge in [-0.3, -0.25) is 14.5 Å².